The molecule has 0 amide bonds. The SMILES string of the molecule is CCC1CCC(Cl)CC1c1cccnc1. The number of hydrogen-bond donors (Lipinski definition) is 0. The Balaban J connectivity index is 2.17. The molecule has 3 atom stereocenters. The van der Waals surface area contributed by atoms with Gasteiger partial charge in [-0.2, -0.15) is 0 Å². The van der Waals surface area contributed by atoms with Gasteiger partial charge in [-0.3, -0.25) is 4.98 Å². The Hall–Kier alpha value is -0.560. The van der Waals surface area contributed by atoms with Gasteiger partial charge in [0.05, 0.1) is 0 Å². The molecular weight excluding hydrogens is 206 g/mol. The van der Waals surface area contributed by atoms with E-state index in [1.54, 1.807) is 0 Å². The maximum atomic E-state index is 6.26. The molecule has 1 aromatic heterocycles. The summed E-state index contributed by atoms with van der Waals surface area (Å²) in [4.78, 5) is 4.21. The van der Waals surface area contributed by atoms with E-state index < -0.39 is 0 Å². The van der Waals surface area contributed by atoms with Crippen LogP contribution in [0.1, 0.15) is 44.1 Å². The van der Waals surface area contributed by atoms with E-state index in [1.165, 1.54) is 24.8 Å². The molecule has 0 N–H and O–H groups in total. The molecule has 0 bridgehead atoms. The van der Waals surface area contributed by atoms with Crippen molar-refractivity contribution in [1.82, 2.24) is 4.98 Å². The zero-order valence-electron chi connectivity index (χ0n) is 9.20. The highest BCUT2D eigenvalue weighted by Crippen LogP contribution is 2.40. The maximum absolute atomic E-state index is 6.26. The Morgan fingerprint density at radius 3 is 3.00 bits per heavy atom. The average Bonchev–Trinajstić information content (AvgIpc) is 2.30. The standard InChI is InChI=1S/C13H18ClN/c1-2-10-5-6-12(14)8-13(10)11-4-3-7-15-9-11/h3-4,7,9-10,12-13H,2,5-6,8H2,1H3. The van der Waals surface area contributed by atoms with Crippen molar-refractivity contribution in [3.8, 4) is 0 Å². The summed E-state index contributed by atoms with van der Waals surface area (Å²) in [5.74, 6) is 1.42. The van der Waals surface area contributed by atoms with Crippen LogP contribution in [0.2, 0.25) is 0 Å². The number of hydrogen-bond acceptors (Lipinski definition) is 1. The fourth-order valence-corrected chi connectivity index (χ4v) is 2.99. The van der Waals surface area contributed by atoms with Crippen molar-refractivity contribution in [2.75, 3.05) is 0 Å². The van der Waals surface area contributed by atoms with Gasteiger partial charge in [0, 0.05) is 17.8 Å². The summed E-state index contributed by atoms with van der Waals surface area (Å²) in [7, 11) is 0. The fraction of sp³-hybridized carbons (Fsp3) is 0.615. The van der Waals surface area contributed by atoms with E-state index in [0.717, 1.165) is 12.3 Å². The highest BCUT2D eigenvalue weighted by Gasteiger charge is 2.29. The normalized spacial score (nSPS) is 31.5. The van der Waals surface area contributed by atoms with E-state index in [1.807, 2.05) is 18.5 Å². The van der Waals surface area contributed by atoms with Crippen molar-refractivity contribution in [2.24, 2.45) is 5.92 Å². The minimum absolute atomic E-state index is 0.359. The summed E-state index contributed by atoms with van der Waals surface area (Å²) >= 11 is 6.26. The van der Waals surface area contributed by atoms with E-state index in [0.29, 0.717) is 11.3 Å². The van der Waals surface area contributed by atoms with Crippen LogP contribution in [0, 0.1) is 5.92 Å². The van der Waals surface area contributed by atoms with Gasteiger partial charge >= 0.3 is 0 Å². The van der Waals surface area contributed by atoms with Gasteiger partial charge < -0.3 is 0 Å². The molecule has 2 heteroatoms. The lowest BCUT2D eigenvalue weighted by Gasteiger charge is -2.33. The molecule has 15 heavy (non-hydrogen) atoms. The van der Waals surface area contributed by atoms with Crippen LogP contribution in [0.5, 0.6) is 0 Å². The largest absolute Gasteiger partial charge is 0.264 e. The van der Waals surface area contributed by atoms with Crippen molar-refractivity contribution in [3.05, 3.63) is 30.1 Å². The number of nitrogens with zero attached hydrogens (tertiary/aromatic N) is 1. The van der Waals surface area contributed by atoms with Gasteiger partial charge in [0.2, 0.25) is 0 Å². The third-order valence-electron chi connectivity index (χ3n) is 3.57. The van der Waals surface area contributed by atoms with Gasteiger partial charge in [0.25, 0.3) is 0 Å². The van der Waals surface area contributed by atoms with Gasteiger partial charge in [-0.1, -0.05) is 19.4 Å². The first-order valence-electron chi connectivity index (χ1n) is 5.85. The highest BCUT2D eigenvalue weighted by molar-refractivity contribution is 6.20. The van der Waals surface area contributed by atoms with Crippen LogP contribution in [0.4, 0.5) is 0 Å². The number of aromatic nitrogens is 1. The Morgan fingerprint density at radius 2 is 2.33 bits per heavy atom. The smallest absolute Gasteiger partial charge is 0.0342 e. The molecule has 1 nitrogen and oxygen atoms in total. The minimum atomic E-state index is 0.359. The van der Waals surface area contributed by atoms with Gasteiger partial charge in [-0.25, -0.2) is 0 Å². The summed E-state index contributed by atoms with van der Waals surface area (Å²) in [6, 6.07) is 4.22. The molecule has 82 valence electrons. The molecule has 1 fully saturated rings. The molecule has 1 aromatic rings. The van der Waals surface area contributed by atoms with Gasteiger partial charge in [-0.05, 0) is 42.7 Å². The second-order valence-corrected chi connectivity index (χ2v) is 5.09. The molecule has 1 saturated carbocycles. The van der Waals surface area contributed by atoms with Crippen LogP contribution < -0.4 is 0 Å². The lowest BCUT2D eigenvalue weighted by Crippen LogP contribution is -2.23. The molecule has 0 spiro atoms. The lowest BCUT2D eigenvalue weighted by atomic mass is 9.74. The first-order valence-corrected chi connectivity index (χ1v) is 6.29. The van der Waals surface area contributed by atoms with Crippen molar-refractivity contribution in [3.63, 3.8) is 0 Å². The Kier molecular flexibility index (Phi) is 3.63. The predicted octanol–water partition coefficient (Wildman–Crippen LogP) is 3.98. The monoisotopic (exact) mass is 223 g/mol. The summed E-state index contributed by atoms with van der Waals surface area (Å²) < 4.78 is 0. The van der Waals surface area contributed by atoms with E-state index in [9.17, 15) is 0 Å². The molecule has 0 radical (unpaired) electrons. The summed E-state index contributed by atoms with van der Waals surface area (Å²) in [6.45, 7) is 2.28. The third-order valence-corrected chi connectivity index (χ3v) is 3.96. The number of halogens is 1. The summed E-state index contributed by atoms with van der Waals surface area (Å²) in [6.07, 6.45) is 8.66. The molecule has 0 aliphatic heterocycles. The van der Waals surface area contributed by atoms with Crippen LogP contribution in [0.3, 0.4) is 0 Å². The zero-order chi connectivity index (χ0) is 10.7. The molecule has 1 aliphatic carbocycles. The second kappa shape index (κ2) is 4.98. The Labute approximate surface area is 96.9 Å². The van der Waals surface area contributed by atoms with Crippen LogP contribution in [0.15, 0.2) is 24.5 Å². The zero-order valence-corrected chi connectivity index (χ0v) is 9.95. The van der Waals surface area contributed by atoms with Gasteiger partial charge in [-0.15, -0.1) is 11.6 Å². The Morgan fingerprint density at radius 1 is 1.47 bits per heavy atom. The molecule has 0 saturated heterocycles. The number of pyridine rings is 1. The lowest BCUT2D eigenvalue weighted by molar-refractivity contribution is 0.302. The fourth-order valence-electron chi connectivity index (χ4n) is 2.67. The molecular formula is C13H18ClN. The minimum Gasteiger partial charge on any atom is -0.264 e. The third kappa shape index (κ3) is 2.52. The predicted molar refractivity (Wildman–Crippen MR) is 64.3 cm³/mol. The second-order valence-electron chi connectivity index (χ2n) is 4.47. The van der Waals surface area contributed by atoms with Crippen LogP contribution in [-0.4, -0.2) is 10.4 Å². The van der Waals surface area contributed by atoms with Crippen LogP contribution in [-0.2, 0) is 0 Å². The van der Waals surface area contributed by atoms with Crippen molar-refractivity contribution in [1.29, 1.82) is 0 Å². The number of rotatable bonds is 2. The topological polar surface area (TPSA) is 12.9 Å². The van der Waals surface area contributed by atoms with Crippen LogP contribution >= 0.6 is 11.6 Å². The first kappa shape index (κ1) is 10.9. The molecule has 2 rings (SSSR count). The highest BCUT2D eigenvalue weighted by atomic mass is 35.5. The summed E-state index contributed by atoms with van der Waals surface area (Å²) in [5.41, 5.74) is 1.37. The number of alkyl halides is 1. The van der Waals surface area contributed by atoms with E-state index in [2.05, 4.69) is 18.0 Å². The van der Waals surface area contributed by atoms with Gasteiger partial charge in [0.1, 0.15) is 0 Å². The maximum Gasteiger partial charge on any atom is 0.0342 e. The molecule has 1 aliphatic rings. The van der Waals surface area contributed by atoms with E-state index in [-0.39, 0.29) is 0 Å². The quantitative estimate of drug-likeness (QED) is 0.691. The average molecular weight is 224 g/mol. The molecule has 1 heterocycles. The molecule has 3 unspecified atom stereocenters. The molecule has 0 aromatic carbocycles. The van der Waals surface area contributed by atoms with Gasteiger partial charge in [0.15, 0.2) is 0 Å². The van der Waals surface area contributed by atoms with Crippen molar-refractivity contribution >= 4 is 11.6 Å². The first-order chi connectivity index (χ1) is 7.31. The Bertz CT molecular complexity index is 299. The van der Waals surface area contributed by atoms with E-state index >= 15 is 0 Å². The summed E-state index contributed by atoms with van der Waals surface area (Å²) in [5, 5.41) is 0.359. The van der Waals surface area contributed by atoms with Crippen molar-refractivity contribution in [2.45, 2.75) is 43.9 Å². The van der Waals surface area contributed by atoms with Crippen molar-refractivity contribution < 1.29 is 0 Å². The van der Waals surface area contributed by atoms with E-state index in [4.69, 9.17) is 11.6 Å². The van der Waals surface area contributed by atoms with Crippen LogP contribution in [0.25, 0.3) is 0 Å².